The zero-order valence-electron chi connectivity index (χ0n) is 27.0. The van der Waals surface area contributed by atoms with Crippen LogP contribution in [-0.4, -0.2) is 79.6 Å². The molecule has 2 aliphatic heterocycles. The van der Waals surface area contributed by atoms with E-state index in [4.69, 9.17) is 5.11 Å². The molecule has 2 saturated heterocycles. The second-order valence-electron chi connectivity index (χ2n) is 13.3. The molecule has 2 heterocycles. The minimum absolute atomic E-state index is 0.0604. The fourth-order valence-corrected chi connectivity index (χ4v) is 6.55. The molecule has 0 aromatic rings. The van der Waals surface area contributed by atoms with Crippen LogP contribution in [0.15, 0.2) is 23.5 Å². The molecule has 0 bridgehead atoms. The Morgan fingerprint density at radius 1 is 0.837 bits per heavy atom. The predicted octanol–water partition coefficient (Wildman–Crippen LogP) is 5.91. The minimum atomic E-state index is -0.657. The van der Waals surface area contributed by atoms with Crippen LogP contribution in [-0.2, 0) is 9.59 Å². The summed E-state index contributed by atoms with van der Waals surface area (Å²) in [6.07, 6.45) is 21.0. The van der Waals surface area contributed by atoms with Gasteiger partial charge in [0.15, 0.2) is 5.78 Å². The number of carbonyl (C=O) groups excluding carboxylic acids is 2. The van der Waals surface area contributed by atoms with E-state index in [1.165, 1.54) is 43.4 Å². The molecule has 0 saturated carbocycles. The second-order valence-corrected chi connectivity index (χ2v) is 13.3. The van der Waals surface area contributed by atoms with Gasteiger partial charge < -0.3 is 30.4 Å². The van der Waals surface area contributed by atoms with E-state index in [1.807, 2.05) is 6.92 Å². The first-order valence-corrected chi connectivity index (χ1v) is 17.2. The third kappa shape index (κ3) is 13.8. The lowest BCUT2D eigenvalue weighted by atomic mass is 9.89. The predicted molar refractivity (Wildman–Crippen MR) is 170 cm³/mol. The van der Waals surface area contributed by atoms with Crippen molar-refractivity contribution in [2.24, 2.45) is 11.8 Å². The van der Waals surface area contributed by atoms with E-state index in [2.05, 4.69) is 19.1 Å². The molecule has 1 amide bonds. The molecule has 2 rings (SSSR count). The molecule has 6 unspecified atom stereocenters. The number of aliphatic hydroxyl groups excluding tert-OH is 5. The van der Waals surface area contributed by atoms with Crippen molar-refractivity contribution in [3.8, 4) is 0 Å². The number of aliphatic hydroxyl groups is 5. The molecule has 5 N–H and O–H groups in total. The number of ketones is 1. The highest BCUT2D eigenvalue weighted by Crippen LogP contribution is 2.34. The lowest BCUT2D eigenvalue weighted by Crippen LogP contribution is -2.29. The van der Waals surface area contributed by atoms with Crippen LogP contribution in [0.3, 0.4) is 0 Å². The first kappa shape index (κ1) is 37.4. The van der Waals surface area contributed by atoms with Crippen LogP contribution in [0.5, 0.6) is 0 Å². The van der Waals surface area contributed by atoms with Crippen LogP contribution < -0.4 is 0 Å². The summed E-state index contributed by atoms with van der Waals surface area (Å²) in [5.41, 5.74) is -0.0604. The van der Waals surface area contributed by atoms with Crippen LogP contribution in [0.2, 0.25) is 0 Å². The Bertz CT molecular complexity index is 846. The summed E-state index contributed by atoms with van der Waals surface area (Å²) >= 11 is 0. The normalized spacial score (nSPS) is 22.8. The number of unbranched alkanes of at least 4 members (excludes halogenated alkanes) is 9. The molecule has 0 spiro atoms. The van der Waals surface area contributed by atoms with Gasteiger partial charge in [0.1, 0.15) is 11.3 Å². The van der Waals surface area contributed by atoms with Crippen molar-refractivity contribution in [1.82, 2.24) is 4.90 Å². The van der Waals surface area contributed by atoms with E-state index in [0.717, 1.165) is 70.6 Å². The molecule has 2 aliphatic rings. The number of allylic oxidation sites excluding steroid dienone is 2. The first-order valence-electron chi connectivity index (χ1n) is 17.2. The van der Waals surface area contributed by atoms with Gasteiger partial charge in [-0.05, 0) is 63.7 Å². The van der Waals surface area contributed by atoms with Gasteiger partial charge in [-0.3, -0.25) is 9.59 Å². The number of hydrogen-bond acceptors (Lipinski definition) is 7. The number of carbonyl (C=O) groups is 2. The Morgan fingerprint density at radius 2 is 1.44 bits per heavy atom. The molecule has 248 valence electrons. The van der Waals surface area contributed by atoms with Gasteiger partial charge in [0.05, 0.1) is 24.4 Å². The molecule has 8 heteroatoms. The summed E-state index contributed by atoms with van der Waals surface area (Å²) in [4.78, 5) is 26.7. The molecule has 2 fully saturated rings. The van der Waals surface area contributed by atoms with Crippen molar-refractivity contribution < 1.29 is 35.1 Å². The van der Waals surface area contributed by atoms with Gasteiger partial charge in [-0.2, -0.15) is 0 Å². The topological polar surface area (TPSA) is 139 Å². The van der Waals surface area contributed by atoms with Crippen molar-refractivity contribution in [2.45, 2.75) is 160 Å². The van der Waals surface area contributed by atoms with Crippen LogP contribution in [0.1, 0.15) is 136 Å². The highest BCUT2D eigenvalue weighted by molar-refractivity contribution is 6.27. The van der Waals surface area contributed by atoms with Crippen molar-refractivity contribution in [3.63, 3.8) is 0 Å². The molecule has 0 aromatic carbocycles. The molecular weight excluding hydrogens is 546 g/mol. The Kier molecular flexibility index (Phi) is 18.4. The van der Waals surface area contributed by atoms with Gasteiger partial charge >= 0.3 is 0 Å². The highest BCUT2D eigenvalue weighted by atomic mass is 16.3. The number of nitrogens with zero attached hydrogens (tertiary/aromatic N) is 1. The molecule has 43 heavy (non-hydrogen) atoms. The molecule has 0 aromatic heterocycles. The van der Waals surface area contributed by atoms with Gasteiger partial charge in [-0.1, -0.05) is 83.8 Å². The lowest BCUT2D eigenvalue weighted by Gasteiger charge is -2.18. The standard InChI is InChI=1S/C35H61NO7/c1-26(23-27(2)33(41)32-34(42)31-24-30(40)25-36(31)35(32)43)17-12-9-7-5-3-4-6-8-10-13-18-28(38)20-16-21-29(39)19-14-11-15-22-37/h10,13,26-31,37-41H,3-9,11-12,14-25H2,1-2H3. The van der Waals surface area contributed by atoms with Gasteiger partial charge in [0.2, 0.25) is 0 Å². The number of amides is 1. The molecular formula is C35H61NO7. The van der Waals surface area contributed by atoms with E-state index in [1.54, 1.807) is 0 Å². The first-order chi connectivity index (χ1) is 20.6. The Hall–Kier alpha value is -1.74. The second kappa shape index (κ2) is 21.1. The summed E-state index contributed by atoms with van der Waals surface area (Å²) in [6, 6.07) is -0.610. The average molecular weight is 608 g/mol. The maximum absolute atomic E-state index is 12.7. The summed E-state index contributed by atoms with van der Waals surface area (Å²) in [7, 11) is 0. The Morgan fingerprint density at radius 3 is 2.14 bits per heavy atom. The minimum Gasteiger partial charge on any atom is -0.511 e. The molecule has 0 aliphatic carbocycles. The molecule has 8 nitrogen and oxygen atoms in total. The van der Waals surface area contributed by atoms with E-state index in [-0.39, 0.29) is 54.8 Å². The van der Waals surface area contributed by atoms with Gasteiger partial charge in [0.25, 0.3) is 5.91 Å². The number of hydrogen-bond donors (Lipinski definition) is 5. The summed E-state index contributed by atoms with van der Waals surface area (Å²) in [5.74, 6) is -0.687. The zero-order valence-corrected chi connectivity index (χ0v) is 27.0. The van der Waals surface area contributed by atoms with Gasteiger partial charge in [-0.15, -0.1) is 0 Å². The monoisotopic (exact) mass is 607 g/mol. The van der Waals surface area contributed by atoms with Crippen LogP contribution in [0, 0.1) is 11.8 Å². The van der Waals surface area contributed by atoms with Crippen molar-refractivity contribution in [2.75, 3.05) is 13.2 Å². The fraction of sp³-hybridized carbons (Fsp3) is 0.829. The third-order valence-electron chi connectivity index (χ3n) is 9.19. The summed E-state index contributed by atoms with van der Waals surface area (Å²) < 4.78 is 0. The van der Waals surface area contributed by atoms with Crippen LogP contribution >= 0.6 is 0 Å². The van der Waals surface area contributed by atoms with Gasteiger partial charge in [0, 0.05) is 25.5 Å². The van der Waals surface area contributed by atoms with E-state index in [9.17, 15) is 30.0 Å². The van der Waals surface area contributed by atoms with Crippen molar-refractivity contribution >= 4 is 11.7 Å². The number of rotatable bonds is 24. The number of fused-ring (bicyclic) bond motifs is 1. The van der Waals surface area contributed by atoms with Gasteiger partial charge in [-0.25, -0.2) is 0 Å². The molecule has 0 radical (unpaired) electrons. The smallest absolute Gasteiger partial charge is 0.261 e. The van der Waals surface area contributed by atoms with E-state index >= 15 is 0 Å². The average Bonchev–Trinajstić information content (AvgIpc) is 3.46. The Balaban J connectivity index is 1.43. The van der Waals surface area contributed by atoms with E-state index in [0.29, 0.717) is 12.3 Å². The highest BCUT2D eigenvalue weighted by Gasteiger charge is 2.50. The largest absolute Gasteiger partial charge is 0.511 e. The maximum Gasteiger partial charge on any atom is 0.261 e. The number of Topliss-reactive ketones (excluding diaryl/α,β-unsaturated/α-hetero) is 1. The zero-order chi connectivity index (χ0) is 31.6. The third-order valence-corrected chi connectivity index (χ3v) is 9.19. The van der Waals surface area contributed by atoms with Crippen molar-refractivity contribution in [3.05, 3.63) is 23.5 Å². The SMILES string of the molecule is CC(CCCCCCCCCC=CCC(O)CCCC(O)CCCCCO)CC(C)C(O)=C1C(=O)C2CC(O)CN2C1=O. The summed E-state index contributed by atoms with van der Waals surface area (Å²) in [6.45, 7) is 4.44. The lowest BCUT2D eigenvalue weighted by molar-refractivity contribution is -0.125. The quantitative estimate of drug-likeness (QED) is 0.0302. The summed E-state index contributed by atoms with van der Waals surface area (Å²) in [5, 5.41) is 49.4. The fourth-order valence-electron chi connectivity index (χ4n) is 6.55. The van der Waals surface area contributed by atoms with E-state index < -0.39 is 18.1 Å². The maximum atomic E-state index is 12.7. The van der Waals surface area contributed by atoms with Crippen molar-refractivity contribution in [1.29, 1.82) is 0 Å². The van der Waals surface area contributed by atoms with Crippen LogP contribution in [0.25, 0.3) is 0 Å². The Labute approximate surface area is 260 Å². The van der Waals surface area contributed by atoms with Crippen LogP contribution in [0.4, 0.5) is 0 Å². The molecule has 6 atom stereocenters.